The van der Waals surface area contributed by atoms with Gasteiger partial charge in [0.2, 0.25) is 0 Å². The van der Waals surface area contributed by atoms with Crippen LogP contribution in [-0.4, -0.2) is 50.0 Å². The fourth-order valence-corrected chi connectivity index (χ4v) is 5.36. The molecular weight excluding hydrogens is 446 g/mol. The Labute approximate surface area is 203 Å². The van der Waals surface area contributed by atoms with Crippen molar-refractivity contribution in [2.24, 2.45) is 0 Å². The van der Waals surface area contributed by atoms with Crippen LogP contribution >= 0.6 is 11.8 Å². The van der Waals surface area contributed by atoms with Crippen LogP contribution in [0.2, 0.25) is 0 Å². The van der Waals surface area contributed by atoms with E-state index in [1.54, 1.807) is 25.3 Å². The van der Waals surface area contributed by atoms with Gasteiger partial charge in [-0.15, -0.1) is 0 Å². The average molecular weight is 472 g/mol. The van der Waals surface area contributed by atoms with Gasteiger partial charge in [-0.1, -0.05) is 60.3 Å². The number of carbonyl (C=O) groups excluding carboxylic acids is 2. The zero-order chi connectivity index (χ0) is 23.5. The van der Waals surface area contributed by atoms with Crippen molar-refractivity contribution in [3.8, 4) is 5.75 Å². The van der Waals surface area contributed by atoms with Gasteiger partial charge in [-0.25, -0.2) is 4.90 Å². The summed E-state index contributed by atoms with van der Waals surface area (Å²) in [6.07, 6.45) is 0. The summed E-state index contributed by atoms with van der Waals surface area (Å²) in [6.45, 7) is 2.85. The van der Waals surface area contributed by atoms with E-state index >= 15 is 0 Å². The Morgan fingerprint density at radius 2 is 1.29 bits per heavy atom. The standard InChI is InChI=1S/C27H25N3O3S/c1-33-23-15-9-8-14-22(23)30-26(31)24(25(27(30)32)34-21-12-6-3-7-13-21)29-18-16-28(17-19-29)20-10-4-2-5-11-20/h2-15H,16-19H2,1H3. The molecule has 1 saturated heterocycles. The summed E-state index contributed by atoms with van der Waals surface area (Å²) in [4.78, 5) is 34.4. The minimum absolute atomic E-state index is 0.305. The van der Waals surface area contributed by atoms with Gasteiger partial charge >= 0.3 is 0 Å². The molecule has 2 amide bonds. The number of imide groups is 1. The third-order valence-electron chi connectivity index (χ3n) is 6.02. The lowest BCUT2D eigenvalue weighted by atomic mass is 10.2. The molecule has 3 aromatic carbocycles. The van der Waals surface area contributed by atoms with E-state index < -0.39 is 0 Å². The van der Waals surface area contributed by atoms with E-state index in [9.17, 15) is 9.59 Å². The molecule has 6 nitrogen and oxygen atoms in total. The lowest BCUT2D eigenvalue weighted by Gasteiger charge is -2.37. The van der Waals surface area contributed by atoms with Crippen LogP contribution in [0.25, 0.3) is 0 Å². The van der Waals surface area contributed by atoms with Gasteiger partial charge in [0.1, 0.15) is 16.4 Å². The van der Waals surface area contributed by atoms with E-state index in [0.29, 0.717) is 35.1 Å². The minimum atomic E-state index is -0.316. The van der Waals surface area contributed by atoms with Crippen LogP contribution < -0.4 is 14.5 Å². The van der Waals surface area contributed by atoms with Gasteiger partial charge in [0.25, 0.3) is 11.8 Å². The molecule has 0 aliphatic carbocycles. The van der Waals surface area contributed by atoms with Crippen molar-refractivity contribution in [1.82, 2.24) is 4.90 Å². The van der Waals surface area contributed by atoms with Crippen molar-refractivity contribution >= 4 is 35.0 Å². The number of hydrogen-bond acceptors (Lipinski definition) is 6. The second kappa shape index (κ2) is 9.65. The van der Waals surface area contributed by atoms with Crippen LogP contribution in [0.3, 0.4) is 0 Å². The Balaban J connectivity index is 1.47. The molecule has 2 aliphatic rings. The number of benzene rings is 3. The van der Waals surface area contributed by atoms with E-state index in [-0.39, 0.29) is 11.8 Å². The number of methoxy groups -OCH3 is 1. The predicted molar refractivity (Wildman–Crippen MR) is 135 cm³/mol. The lowest BCUT2D eigenvalue weighted by molar-refractivity contribution is -0.121. The van der Waals surface area contributed by atoms with Crippen molar-refractivity contribution in [1.29, 1.82) is 0 Å². The number of para-hydroxylation sites is 3. The van der Waals surface area contributed by atoms with Gasteiger partial charge in [-0.05, 0) is 36.4 Å². The summed E-state index contributed by atoms with van der Waals surface area (Å²) in [6, 6.07) is 27.1. The van der Waals surface area contributed by atoms with E-state index in [4.69, 9.17) is 4.74 Å². The Morgan fingerprint density at radius 1 is 0.706 bits per heavy atom. The van der Waals surface area contributed by atoms with Gasteiger partial charge < -0.3 is 14.5 Å². The Kier molecular flexibility index (Phi) is 6.27. The van der Waals surface area contributed by atoms with Crippen molar-refractivity contribution in [3.63, 3.8) is 0 Å². The van der Waals surface area contributed by atoms with Crippen molar-refractivity contribution in [2.75, 3.05) is 43.1 Å². The number of amides is 2. The predicted octanol–water partition coefficient (Wildman–Crippen LogP) is 4.39. The third-order valence-corrected chi connectivity index (χ3v) is 7.10. The summed E-state index contributed by atoms with van der Waals surface area (Å²) < 4.78 is 5.46. The molecule has 0 saturated carbocycles. The topological polar surface area (TPSA) is 53.1 Å². The fraction of sp³-hybridized carbons (Fsp3) is 0.185. The van der Waals surface area contributed by atoms with Crippen molar-refractivity contribution in [3.05, 3.63) is 95.5 Å². The largest absolute Gasteiger partial charge is 0.495 e. The third kappa shape index (κ3) is 4.15. The van der Waals surface area contributed by atoms with Crippen LogP contribution in [0.15, 0.2) is 100 Å². The Hall–Kier alpha value is -3.71. The Morgan fingerprint density at radius 3 is 1.97 bits per heavy atom. The normalized spacial score (nSPS) is 16.4. The molecular formula is C27H25N3O3S. The van der Waals surface area contributed by atoms with Gasteiger partial charge in [0.15, 0.2) is 0 Å². The summed E-state index contributed by atoms with van der Waals surface area (Å²) in [5, 5.41) is 0. The first kappa shape index (κ1) is 22.1. The van der Waals surface area contributed by atoms with Crippen LogP contribution in [0.4, 0.5) is 11.4 Å². The molecule has 5 rings (SSSR count). The molecule has 2 heterocycles. The molecule has 0 radical (unpaired) electrons. The zero-order valence-electron chi connectivity index (χ0n) is 18.9. The summed E-state index contributed by atoms with van der Waals surface area (Å²) in [7, 11) is 1.54. The van der Waals surface area contributed by atoms with Crippen molar-refractivity contribution in [2.45, 2.75) is 4.90 Å². The molecule has 34 heavy (non-hydrogen) atoms. The first-order chi connectivity index (χ1) is 16.7. The van der Waals surface area contributed by atoms with Crippen molar-refractivity contribution < 1.29 is 14.3 Å². The highest BCUT2D eigenvalue weighted by molar-refractivity contribution is 8.04. The molecule has 0 aromatic heterocycles. The molecule has 0 atom stereocenters. The van der Waals surface area contributed by atoms with E-state index in [1.165, 1.54) is 22.3 Å². The minimum Gasteiger partial charge on any atom is -0.495 e. The molecule has 1 fully saturated rings. The molecule has 7 heteroatoms. The van der Waals surface area contributed by atoms with E-state index in [2.05, 4.69) is 21.9 Å². The summed E-state index contributed by atoms with van der Waals surface area (Å²) in [5.74, 6) is -0.131. The summed E-state index contributed by atoms with van der Waals surface area (Å²) in [5.41, 5.74) is 2.10. The molecule has 0 N–H and O–H groups in total. The van der Waals surface area contributed by atoms with Crippen LogP contribution in [-0.2, 0) is 9.59 Å². The maximum atomic E-state index is 13.8. The highest BCUT2D eigenvalue weighted by Crippen LogP contribution is 2.41. The second-order valence-electron chi connectivity index (χ2n) is 8.02. The number of nitrogens with zero attached hydrogens (tertiary/aromatic N) is 3. The number of thioether (sulfide) groups is 1. The molecule has 2 aliphatic heterocycles. The molecule has 3 aromatic rings. The van der Waals surface area contributed by atoms with Crippen LogP contribution in [0, 0.1) is 0 Å². The lowest BCUT2D eigenvalue weighted by Crippen LogP contribution is -2.47. The number of anilines is 2. The van der Waals surface area contributed by atoms with Gasteiger partial charge in [0.05, 0.1) is 12.8 Å². The van der Waals surface area contributed by atoms with Gasteiger partial charge in [0, 0.05) is 36.8 Å². The highest BCUT2D eigenvalue weighted by atomic mass is 32.2. The van der Waals surface area contributed by atoms with Crippen LogP contribution in [0.5, 0.6) is 5.75 Å². The number of hydrogen-bond donors (Lipinski definition) is 0. The highest BCUT2D eigenvalue weighted by Gasteiger charge is 2.44. The molecule has 0 unspecified atom stereocenters. The number of ether oxygens (including phenoxy) is 1. The monoisotopic (exact) mass is 471 g/mol. The van der Waals surface area contributed by atoms with Crippen LogP contribution in [0.1, 0.15) is 0 Å². The molecule has 0 spiro atoms. The number of carbonyl (C=O) groups is 2. The molecule has 0 bridgehead atoms. The first-order valence-corrected chi connectivity index (χ1v) is 12.0. The first-order valence-electron chi connectivity index (χ1n) is 11.2. The fourth-order valence-electron chi connectivity index (χ4n) is 4.34. The quantitative estimate of drug-likeness (QED) is 0.497. The number of piperazine rings is 1. The van der Waals surface area contributed by atoms with Gasteiger partial charge in [-0.3, -0.25) is 9.59 Å². The number of rotatable bonds is 6. The zero-order valence-corrected chi connectivity index (χ0v) is 19.7. The van der Waals surface area contributed by atoms with Gasteiger partial charge in [-0.2, -0.15) is 0 Å². The SMILES string of the molecule is COc1ccccc1N1C(=O)C(Sc2ccccc2)=C(N2CCN(c3ccccc3)CC2)C1=O. The maximum absolute atomic E-state index is 13.8. The molecule has 172 valence electrons. The average Bonchev–Trinajstić information content (AvgIpc) is 3.14. The smallest absolute Gasteiger partial charge is 0.283 e. The maximum Gasteiger partial charge on any atom is 0.283 e. The summed E-state index contributed by atoms with van der Waals surface area (Å²) >= 11 is 1.35. The Bertz CT molecular complexity index is 1220. The second-order valence-corrected chi connectivity index (χ2v) is 9.10. The van der Waals surface area contributed by atoms with E-state index in [1.807, 2.05) is 54.6 Å². The van der Waals surface area contributed by atoms with E-state index in [0.717, 1.165) is 18.0 Å².